The summed E-state index contributed by atoms with van der Waals surface area (Å²) in [6.07, 6.45) is 0.422. The van der Waals surface area contributed by atoms with Gasteiger partial charge in [-0.3, -0.25) is 4.79 Å². The third-order valence-corrected chi connectivity index (χ3v) is 2.69. The molecule has 18 heavy (non-hydrogen) atoms. The van der Waals surface area contributed by atoms with E-state index in [2.05, 4.69) is 0 Å². The molecule has 4 nitrogen and oxygen atoms in total. The van der Waals surface area contributed by atoms with Gasteiger partial charge in [-0.15, -0.1) is 0 Å². The topological polar surface area (TPSA) is 63.6 Å². The quantitative estimate of drug-likeness (QED) is 0.815. The van der Waals surface area contributed by atoms with Gasteiger partial charge in [-0.2, -0.15) is 0 Å². The van der Waals surface area contributed by atoms with Crippen molar-refractivity contribution in [2.24, 2.45) is 5.41 Å². The summed E-state index contributed by atoms with van der Waals surface area (Å²) in [4.78, 5) is 22.4. The lowest BCUT2D eigenvalue weighted by Gasteiger charge is -2.18. The highest BCUT2D eigenvalue weighted by Gasteiger charge is 2.27. The van der Waals surface area contributed by atoms with E-state index < -0.39 is 11.4 Å². The highest BCUT2D eigenvalue weighted by Crippen LogP contribution is 2.22. The summed E-state index contributed by atoms with van der Waals surface area (Å²) in [7, 11) is 0. The van der Waals surface area contributed by atoms with Crippen LogP contribution in [-0.2, 0) is 16.0 Å². The zero-order chi connectivity index (χ0) is 13.8. The molecule has 0 atom stereocenters. The molecule has 0 radical (unpaired) electrons. The first-order chi connectivity index (χ1) is 8.36. The molecule has 0 spiro atoms. The summed E-state index contributed by atoms with van der Waals surface area (Å²) >= 11 is 0. The molecule has 1 rings (SSSR count). The minimum Gasteiger partial charge on any atom is -0.481 e. The molecule has 0 unspecified atom stereocenters. The molecular formula is C14H18O4. The zero-order valence-corrected chi connectivity index (χ0v) is 10.9. The fraction of sp³-hybridized carbons (Fsp3) is 0.429. The Labute approximate surface area is 107 Å². The van der Waals surface area contributed by atoms with E-state index in [1.165, 1.54) is 0 Å². The largest absolute Gasteiger partial charge is 0.481 e. The summed E-state index contributed by atoms with van der Waals surface area (Å²) in [5.74, 6) is -1.20. The Morgan fingerprint density at radius 2 is 1.78 bits per heavy atom. The maximum absolute atomic E-state index is 11.4. The van der Waals surface area contributed by atoms with Gasteiger partial charge in [-0.1, -0.05) is 12.1 Å². The Hall–Kier alpha value is -1.84. The Kier molecular flexibility index (Phi) is 4.48. The molecular weight excluding hydrogens is 232 g/mol. The molecule has 0 aromatic heterocycles. The van der Waals surface area contributed by atoms with E-state index in [4.69, 9.17) is 9.84 Å². The summed E-state index contributed by atoms with van der Waals surface area (Å²) in [5.41, 5.74) is 0.551. The van der Waals surface area contributed by atoms with Crippen molar-refractivity contribution in [2.75, 3.05) is 6.61 Å². The number of carboxylic acid groups (broad SMARTS) is 1. The second-order valence-electron chi connectivity index (χ2n) is 4.78. The van der Waals surface area contributed by atoms with Crippen molar-refractivity contribution < 1.29 is 19.4 Å². The number of carbonyl (C=O) groups is 2. The first-order valence-corrected chi connectivity index (χ1v) is 5.86. The Bertz CT molecular complexity index is 432. The monoisotopic (exact) mass is 250 g/mol. The van der Waals surface area contributed by atoms with Crippen LogP contribution in [-0.4, -0.2) is 23.7 Å². The predicted molar refractivity (Wildman–Crippen MR) is 67.5 cm³/mol. The van der Waals surface area contributed by atoms with E-state index in [1.54, 1.807) is 45.0 Å². The van der Waals surface area contributed by atoms with Crippen molar-refractivity contribution in [3.05, 3.63) is 35.4 Å². The van der Waals surface area contributed by atoms with E-state index in [9.17, 15) is 9.59 Å². The predicted octanol–water partition coefficient (Wildman–Crippen LogP) is 2.52. The first kappa shape index (κ1) is 14.2. The van der Waals surface area contributed by atoms with Crippen molar-refractivity contribution in [3.8, 4) is 0 Å². The second kappa shape index (κ2) is 5.67. The molecule has 1 aromatic carbocycles. The standard InChI is InChI=1S/C14H18O4/c1-4-18-12(15)11-7-5-10(6-8-11)9-14(2,3)13(16)17/h5-8H,4,9H2,1-3H3,(H,16,17). The SMILES string of the molecule is CCOC(=O)c1ccc(CC(C)(C)C(=O)O)cc1. The number of carbonyl (C=O) groups excluding carboxylic acids is 1. The summed E-state index contributed by atoms with van der Waals surface area (Å²) < 4.78 is 4.87. The van der Waals surface area contributed by atoms with E-state index >= 15 is 0 Å². The molecule has 0 amide bonds. The van der Waals surface area contributed by atoms with Gasteiger partial charge < -0.3 is 9.84 Å². The highest BCUT2D eigenvalue weighted by atomic mass is 16.5. The minimum absolute atomic E-state index is 0.340. The van der Waals surface area contributed by atoms with E-state index in [1.807, 2.05) is 0 Å². The zero-order valence-electron chi connectivity index (χ0n) is 10.9. The molecule has 0 fully saturated rings. The first-order valence-electron chi connectivity index (χ1n) is 5.86. The smallest absolute Gasteiger partial charge is 0.338 e. The van der Waals surface area contributed by atoms with Gasteiger partial charge in [0.15, 0.2) is 0 Å². The van der Waals surface area contributed by atoms with Crippen LogP contribution in [0.5, 0.6) is 0 Å². The maximum Gasteiger partial charge on any atom is 0.338 e. The number of rotatable bonds is 5. The van der Waals surface area contributed by atoms with Gasteiger partial charge in [0.2, 0.25) is 0 Å². The minimum atomic E-state index is -0.836. The van der Waals surface area contributed by atoms with E-state index in [-0.39, 0.29) is 5.97 Å². The number of hydrogen-bond donors (Lipinski definition) is 1. The summed E-state index contributed by atoms with van der Waals surface area (Å²) in [6.45, 7) is 5.44. The van der Waals surface area contributed by atoms with Crippen LogP contribution in [0.15, 0.2) is 24.3 Å². The van der Waals surface area contributed by atoms with Gasteiger partial charge in [0.05, 0.1) is 17.6 Å². The van der Waals surface area contributed by atoms with Crippen LogP contribution < -0.4 is 0 Å². The molecule has 0 saturated carbocycles. The van der Waals surface area contributed by atoms with Crippen molar-refractivity contribution in [3.63, 3.8) is 0 Å². The van der Waals surface area contributed by atoms with E-state index in [0.717, 1.165) is 5.56 Å². The van der Waals surface area contributed by atoms with Crippen LogP contribution in [0, 0.1) is 5.41 Å². The number of esters is 1. The van der Waals surface area contributed by atoms with E-state index in [0.29, 0.717) is 18.6 Å². The Balaban J connectivity index is 2.78. The van der Waals surface area contributed by atoms with Crippen molar-refractivity contribution in [2.45, 2.75) is 27.2 Å². The molecule has 0 aliphatic rings. The molecule has 0 bridgehead atoms. The van der Waals surface area contributed by atoms with Gasteiger partial charge in [0, 0.05) is 0 Å². The third kappa shape index (κ3) is 3.58. The van der Waals surface area contributed by atoms with Gasteiger partial charge >= 0.3 is 11.9 Å². The molecule has 1 aromatic rings. The van der Waals surface area contributed by atoms with Gasteiger partial charge in [0.1, 0.15) is 0 Å². The summed E-state index contributed by atoms with van der Waals surface area (Å²) in [5, 5.41) is 9.04. The molecule has 98 valence electrons. The fourth-order valence-corrected chi connectivity index (χ4v) is 1.56. The van der Waals surface area contributed by atoms with Gasteiger partial charge in [0.25, 0.3) is 0 Å². The number of carboxylic acids is 1. The van der Waals surface area contributed by atoms with Crippen molar-refractivity contribution in [1.82, 2.24) is 0 Å². The fourth-order valence-electron chi connectivity index (χ4n) is 1.56. The molecule has 1 N–H and O–H groups in total. The number of hydrogen-bond acceptors (Lipinski definition) is 3. The normalized spacial score (nSPS) is 11.1. The Morgan fingerprint density at radius 3 is 2.22 bits per heavy atom. The number of aliphatic carboxylic acids is 1. The van der Waals surface area contributed by atoms with Crippen LogP contribution >= 0.6 is 0 Å². The lowest BCUT2D eigenvalue weighted by molar-refractivity contribution is -0.146. The van der Waals surface area contributed by atoms with Crippen molar-refractivity contribution in [1.29, 1.82) is 0 Å². The van der Waals surface area contributed by atoms with Crippen LogP contribution in [0.4, 0.5) is 0 Å². The number of benzene rings is 1. The van der Waals surface area contributed by atoms with Crippen molar-refractivity contribution >= 4 is 11.9 Å². The maximum atomic E-state index is 11.4. The molecule has 0 aliphatic heterocycles. The van der Waals surface area contributed by atoms with Crippen LogP contribution in [0.2, 0.25) is 0 Å². The average Bonchev–Trinajstić information content (AvgIpc) is 2.29. The van der Waals surface area contributed by atoms with Gasteiger partial charge in [-0.05, 0) is 44.9 Å². The van der Waals surface area contributed by atoms with Crippen LogP contribution in [0.25, 0.3) is 0 Å². The average molecular weight is 250 g/mol. The van der Waals surface area contributed by atoms with Gasteiger partial charge in [-0.25, -0.2) is 4.79 Å². The Morgan fingerprint density at radius 1 is 1.22 bits per heavy atom. The summed E-state index contributed by atoms with van der Waals surface area (Å²) in [6, 6.07) is 6.84. The van der Waals surface area contributed by atoms with Crippen LogP contribution in [0.3, 0.4) is 0 Å². The molecule has 0 saturated heterocycles. The molecule has 0 aliphatic carbocycles. The highest BCUT2D eigenvalue weighted by molar-refractivity contribution is 5.89. The second-order valence-corrected chi connectivity index (χ2v) is 4.78. The lowest BCUT2D eigenvalue weighted by Crippen LogP contribution is -2.26. The molecule has 0 heterocycles. The lowest BCUT2D eigenvalue weighted by atomic mass is 9.86. The molecule has 4 heteroatoms. The third-order valence-electron chi connectivity index (χ3n) is 2.69. The number of ether oxygens (including phenoxy) is 1. The van der Waals surface area contributed by atoms with Crippen LogP contribution in [0.1, 0.15) is 36.7 Å².